The van der Waals surface area contributed by atoms with Crippen molar-refractivity contribution >= 4 is 11.9 Å². The van der Waals surface area contributed by atoms with Crippen molar-refractivity contribution in [3.05, 3.63) is 0 Å². The molecule has 0 bridgehead atoms. The minimum Gasteiger partial charge on any atom is -0.466 e. The Balaban J connectivity index is 3.51. The first-order valence-electron chi connectivity index (χ1n) is 6.05. The first-order valence-corrected chi connectivity index (χ1v) is 6.05. The first kappa shape index (κ1) is 14.9. The van der Waals surface area contributed by atoms with Crippen molar-refractivity contribution in [3.63, 3.8) is 0 Å². The third kappa shape index (κ3) is 7.26. The zero-order chi connectivity index (χ0) is 12.4. The molecule has 0 saturated heterocycles. The molecule has 0 aliphatic rings. The highest BCUT2D eigenvalue weighted by Gasteiger charge is 2.10. The van der Waals surface area contributed by atoms with Crippen LogP contribution in [0.5, 0.6) is 0 Å². The number of carbonyl (C=O) groups is 2. The largest absolute Gasteiger partial charge is 0.466 e. The van der Waals surface area contributed by atoms with Gasteiger partial charge in [-0.2, -0.15) is 0 Å². The van der Waals surface area contributed by atoms with E-state index < -0.39 is 0 Å². The van der Waals surface area contributed by atoms with Gasteiger partial charge in [0.1, 0.15) is 0 Å². The van der Waals surface area contributed by atoms with Crippen LogP contribution < -0.4 is 5.32 Å². The molecule has 4 nitrogen and oxygen atoms in total. The van der Waals surface area contributed by atoms with Crippen molar-refractivity contribution in [2.45, 2.75) is 46.5 Å². The van der Waals surface area contributed by atoms with E-state index in [4.69, 9.17) is 4.74 Å². The molecular formula is C12H23NO3. The molecule has 1 unspecified atom stereocenters. The zero-order valence-corrected chi connectivity index (χ0v) is 10.5. The standard InChI is InChI=1S/C12H23NO3/c1-4-7-10(3)12(15)13-9-6-8-11(14)16-5-2/h10H,4-9H2,1-3H3,(H,13,15). The number of esters is 1. The lowest BCUT2D eigenvalue weighted by Crippen LogP contribution is -2.30. The van der Waals surface area contributed by atoms with Crippen LogP contribution in [0.3, 0.4) is 0 Å². The highest BCUT2D eigenvalue weighted by atomic mass is 16.5. The van der Waals surface area contributed by atoms with E-state index in [0.29, 0.717) is 26.0 Å². The second-order valence-electron chi connectivity index (χ2n) is 3.89. The Labute approximate surface area is 97.7 Å². The monoisotopic (exact) mass is 229 g/mol. The fourth-order valence-electron chi connectivity index (χ4n) is 1.42. The Morgan fingerprint density at radius 1 is 1.31 bits per heavy atom. The third-order valence-corrected chi connectivity index (χ3v) is 2.33. The fourth-order valence-corrected chi connectivity index (χ4v) is 1.42. The van der Waals surface area contributed by atoms with Crippen LogP contribution in [-0.4, -0.2) is 25.0 Å². The maximum Gasteiger partial charge on any atom is 0.305 e. The number of rotatable bonds is 8. The molecule has 0 aliphatic heterocycles. The van der Waals surface area contributed by atoms with Gasteiger partial charge in [-0.05, 0) is 19.8 Å². The summed E-state index contributed by atoms with van der Waals surface area (Å²) in [5.41, 5.74) is 0. The molecule has 16 heavy (non-hydrogen) atoms. The summed E-state index contributed by atoms with van der Waals surface area (Å²) in [6.07, 6.45) is 2.93. The minimum atomic E-state index is -0.196. The van der Waals surface area contributed by atoms with Crippen LogP contribution >= 0.6 is 0 Å². The lowest BCUT2D eigenvalue weighted by atomic mass is 10.1. The molecule has 1 atom stereocenters. The molecule has 0 fully saturated rings. The summed E-state index contributed by atoms with van der Waals surface area (Å²) in [6, 6.07) is 0. The van der Waals surface area contributed by atoms with E-state index in [-0.39, 0.29) is 17.8 Å². The maximum atomic E-state index is 11.5. The second kappa shape index (κ2) is 9.19. The number of hydrogen-bond donors (Lipinski definition) is 1. The fraction of sp³-hybridized carbons (Fsp3) is 0.833. The number of nitrogens with one attached hydrogen (secondary N) is 1. The molecule has 0 spiro atoms. The molecule has 1 amide bonds. The Bertz CT molecular complexity index is 216. The summed E-state index contributed by atoms with van der Waals surface area (Å²) in [5, 5.41) is 2.82. The summed E-state index contributed by atoms with van der Waals surface area (Å²) >= 11 is 0. The Morgan fingerprint density at radius 3 is 2.56 bits per heavy atom. The number of hydrogen-bond acceptors (Lipinski definition) is 3. The molecule has 0 aromatic heterocycles. The Kier molecular flexibility index (Phi) is 8.58. The number of ether oxygens (including phenoxy) is 1. The molecule has 4 heteroatoms. The Morgan fingerprint density at radius 2 is 2.00 bits per heavy atom. The van der Waals surface area contributed by atoms with Crippen LogP contribution in [-0.2, 0) is 14.3 Å². The minimum absolute atomic E-state index is 0.0626. The van der Waals surface area contributed by atoms with E-state index in [0.717, 1.165) is 12.8 Å². The van der Waals surface area contributed by atoms with Crippen LogP contribution in [0, 0.1) is 5.92 Å². The van der Waals surface area contributed by atoms with E-state index in [1.807, 2.05) is 6.92 Å². The first-order chi connectivity index (χ1) is 7.61. The maximum absolute atomic E-state index is 11.5. The average Bonchev–Trinajstić information content (AvgIpc) is 2.24. The summed E-state index contributed by atoms with van der Waals surface area (Å²) in [5.74, 6) is -0.0587. The van der Waals surface area contributed by atoms with Gasteiger partial charge in [-0.1, -0.05) is 20.3 Å². The van der Waals surface area contributed by atoms with Gasteiger partial charge in [-0.3, -0.25) is 9.59 Å². The lowest BCUT2D eigenvalue weighted by Gasteiger charge is -2.10. The van der Waals surface area contributed by atoms with Gasteiger partial charge in [-0.15, -0.1) is 0 Å². The molecule has 0 aromatic rings. The zero-order valence-electron chi connectivity index (χ0n) is 10.5. The van der Waals surface area contributed by atoms with Gasteiger partial charge in [0, 0.05) is 18.9 Å². The summed E-state index contributed by atoms with van der Waals surface area (Å²) in [6.45, 7) is 6.73. The molecule has 0 aliphatic carbocycles. The molecule has 94 valence electrons. The lowest BCUT2D eigenvalue weighted by molar-refractivity contribution is -0.143. The molecule has 0 radical (unpaired) electrons. The average molecular weight is 229 g/mol. The van der Waals surface area contributed by atoms with Gasteiger partial charge >= 0.3 is 5.97 Å². The van der Waals surface area contributed by atoms with Crippen molar-refractivity contribution in [1.82, 2.24) is 5.32 Å². The van der Waals surface area contributed by atoms with Gasteiger partial charge < -0.3 is 10.1 Å². The van der Waals surface area contributed by atoms with Gasteiger partial charge in [0.15, 0.2) is 0 Å². The molecule has 0 rings (SSSR count). The molecule has 1 N–H and O–H groups in total. The van der Waals surface area contributed by atoms with Crippen LogP contribution in [0.2, 0.25) is 0 Å². The van der Waals surface area contributed by atoms with Crippen LogP contribution in [0.15, 0.2) is 0 Å². The highest BCUT2D eigenvalue weighted by molar-refractivity contribution is 5.78. The van der Waals surface area contributed by atoms with Gasteiger partial charge in [-0.25, -0.2) is 0 Å². The van der Waals surface area contributed by atoms with Crippen molar-refractivity contribution < 1.29 is 14.3 Å². The van der Waals surface area contributed by atoms with Crippen molar-refractivity contribution in [3.8, 4) is 0 Å². The van der Waals surface area contributed by atoms with Crippen molar-refractivity contribution in [2.75, 3.05) is 13.2 Å². The SMILES string of the molecule is CCCC(C)C(=O)NCCCC(=O)OCC. The van der Waals surface area contributed by atoms with Crippen LogP contribution in [0.1, 0.15) is 46.5 Å². The topological polar surface area (TPSA) is 55.4 Å². The third-order valence-electron chi connectivity index (χ3n) is 2.33. The van der Waals surface area contributed by atoms with Gasteiger partial charge in [0.2, 0.25) is 5.91 Å². The van der Waals surface area contributed by atoms with Crippen LogP contribution in [0.4, 0.5) is 0 Å². The van der Waals surface area contributed by atoms with Crippen molar-refractivity contribution in [1.29, 1.82) is 0 Å². The molecule has 0 aromatic carbocycles. The number of amides is 1. The van der Waals surface area contributed by atoms with Crippen LogP contribution in [0.25, 0.3) is 0 Å². The second-order valence-corrected chi connectivity index (χ2v) is 3.89. The van der Waals surface area contributed by atoms with E-state index >= 15 is 0 Å². The van der Waals surface area contributed by atoms with E-state index in [9.17, 15) is 9.59 Å². The Hall–Kier alpha value is -1.06. The normalized spacial score (nSPS) is 11.9. The molecular weight excluding hydrogens is 206 g/mol. The van der Waals surface area contributed by atoms with E-state index in [1.54, 1.807) is 6.92 Å². The predicted octanol–water partition coefficient (Wildman–Crippen LogP) is 1.88. The van der Waals surface area contributed by atoms with E-state index in [1.165, 1.54) is 0 Å². The quantitative estimate of drug-likeness (QED) is 0.510. The van der Waals surface area contributed by atoms with Gasteiger partial charge in [0.05, 0.1) is 6.61 Å². The predicted molar refractivity (Wildman–Crippen MR) is 62.9 cm³/mol. The highest BCUT2D eigenvalue weighted by Crippen LogP contribution is 2.04. The molecule has 0 heterocycles. The summed E-state index contributed by atoms with van der Waals surface area (Å²) < 4.78 is 4.78. The van der Waals surface area contributed by atoms with Crippen molar-refractivity contribution in [2.24, 2.45) is 5.92 Å². The summed E-state index contributed by atoms with van der Waals surface area (Å²) in [7, 11) is 0. The summed E-state index contributed by atoms with van der Waals surface area (Å²) in [4.78, 5) is 22.5. The smallest absolute Gasteiger partial charge is 0.305 e. The van der Waals surface area contributed by atoms with E-state index in [2.05, 4.69) is 12.2 Å². The number of carbonyl (C=O) groups excluding carboxylic acids is 2. The molecule has 0 saturated carbocycles. The van der Waals surface area contributed by atoms with Gasteiger partial charge in [0.25, 0.3) is 0 Å².